The zero-order chi connectivity index (χ0) is 13.7. The Morgan fingerprint density at radius 2 is 2.26 bits per heavy atom. The van der Waals surface area contributed by atoms with Crippen molar-refractivity contribution in [3.63, 3.8) is 0 Å². The number of hydrogen-bond acceptors (Lipinski definition) is 3. The molecule has 0 atom stereocenters. The zero-order valence-electron chi connectivity index (χ0n) is 10.0. The molecular formula is C14H11ClN2O2. The number of nitrogens with zero attached hydrogens (tertiary/aromatic N) is 1. The molecular weight excluding hydrogens is 264 g/mol. The molecule has 4 nitrogen and oxygen atoms in total. The summed E-state index contributed by atoms with van der Waals surface area (Å²) in [5, 5.41) is 12.1. The van der Waals surface area contributed by atoms with Crippen molar-refractivity contribution in [1.82, 2.24) is 0 Å². The fraction of sp³-hybridized carbons (Fsp3) is 0.143. The molecule has 0 saturated heterocycles. The highest BCUT2D eigenvalue weighted by Gasteiger charge is 2.08. The maximum Gasteiger partial charge on any atom is 0.224 e. The summed E-state index contributed by atoms with van der Waals surface area (Å²) in [6, 6.07) is 10.3. The topological polar surface area (TPSA) is 66.0 Å². The van der Waals surface area contributed by atoms with Crippen molar-refractivity contribution < 1.29 is 9.21 Å². The van der Waals surface area contributed by atoms with E-state index in [1.165, 1.54) is 0 Å². The highest BCUT2D eigenvalue weighted by Crippen LogP contribution is 2.20. The molecule has 1 aromatic carbocycles. The summed E-state index contributed by atoms with van der Waals surface area (Å²) in [6.07, 6.45) is 2.37. The van der Waals surface area contributed by atoms with Gasteiger partial charge in [0, 0.05) is 17.9 Å². The van der Waals surface area contributed by atoms with E-state index in [1.807, 2.05) is 12.1 Å². The number of benzene rings is 1. The van der Waals surface area contributed by atoms with Crippen LogP contribution < -0.4 is 5.32 Å². The van der Waals surface area contributed by atoms with Crippen LogP contribution in [0.15, 0.2) is 41.0 Å². The summed E-state index contributed by atoms with van der Waals surface area (Å²) in [4.78, 5) is 11.8. The average molecular weight is 275 g/mol. The third-order valence-corrected chi connectivity index (χ3v) is 2.79. The van der Waals surface area contributed by atoms with E-state index in [9.17, 15) is 4.79 Å². The Kier molecular flexibility index (Phi) is 4.22. The lowest BCUT2D eigenvalue weighted by Gasteiger charge is -2.06. The molecule has 1 N–H and O–H groups in total. The number of nitriles is 1. The van der Waals surface area contributed by atoms with Crippen LogP contribution in [-0.4, -0.2) is 5.91 Å². The van der Waals surface area contributed by atoms with E-state index in [4.69, 9.17) is 21.3 Å². The van der Waals surface area contributed by atoms with Crippen LogP contribution in [0.5, 0.6) is 0 Å². The summed E-state index contributed by atoms with van der Waals surface area (Å²) in [7, 11) is 0. The van der Waals surface area contributed by atoms with Gasteiger partial charge in [-0.15, -0.1) is 0 Å². The fourth-order valence-corrected chi connectivity index (χ4v) is 1.79. The van der Waals surface area contributed by atoms with Crippen molar-refractivity contribution >= 4 is 23.2 Å². The molecule has 2 rings (SSSR count). The zero-order valence-corrected chi connectivity index (χ0v) is 10.8. The molecule has 0 saturated carbocycles. The normalized spacial score (nSPS) is 9.89. The van der Waals surface area contributed by atoms with Gasteiger partial charge in [-0.05, 0) is 30.3 Å². The van der Waals surface area contributed by atoms with Crippen molar-refractivity contribution in [3.05, 3.63) is 52.9 Å². The molecule has 0 radical (unpaired) electrons. The molecule has 1 amide bonds. The Morgan fingerprint density at radius 3 is 2.95 bits per heavy atom. The van der Waals surface area contributed by atoms with Crippen molar-refractivity contribution in [3.8, 4) is 6.07 Å². The molecule has 96 valence electrons. The molecule has 5 heteroatoms. The summed E-state index contributed by atoms with van der Waals surface area (Å²) < 4.78 is 5.14. The van der Waals surface area contributed by atoms with Gasteiger partial charge in [0.1, 0.15) is 11.8 Å². The van der Waals surface area contributed by atoms with Gasteiger partial charge in [-0.25, -0.2) is 0 Å². The number of hydrogen-bond donors (Lipinski definition) is 1. The van der Waals surface area contributed by atoms with Gasteiger partial charge in [-0.1, -0.05) is 11.6 Å². The third kappa shape index (κ3) is 3.60. The Hall–Kier alpha value is -2.25. The SMILES string of the molecule is N#Cc1ccc(Cl)cc1NC(=O)CCc1ccco1. The smallest absolute Gasteiger partial charge is 0.224 e. The molecule has 0 aliphatic heterocycles. The summed E-state index contributed by atoms with van der Waals surface area (Å²) in [6.45, 7) is 0. The predicted octanol–water partition coefficient (Wildman–Crippen LogP) is 3.38. The Labute approximate surface area is 115 Å². The first-order chi connectivity index (χ1) is 9.19. The molecule has 19 heavy (non-hydrogen) atoms. The molecule has 0 spiro atoms. The highest BCUT2D eigenvalue weighted by molar-refractivity contribution is 6.31. The maximum absolute atomic E-state index is 11.8. The van der Waals surface area contributed by atoms with Crippen LogP contribution in [0.2, 0.25) is 5.02 Å². The van der Waals surface area contributed by atoms with Crippen LogP contribution in [0.1, 0.15) is 17.7 Å². The lowest BCUT2D eigenvalue weighted by molar-refractivity contribution is -0.116. The number of rotatable bonds is 4. The van der Waals surface area contributed by atoms with E-state index in [-0.39, 0.29) is 12.3 Å². The second-order valence-corrected chi connectivity index (χ2v) is 4.37. The van der Waals surface area contributed by atoms with E-state index in [0.717, 1.165) is 5.76 Å². The molecule has 0 fully saturated rings. The summed E-state index contributed by atoms with van der Waals surface area (Å²) >= 11 is 5.84. The van der Waals surface area contributed by atoms with Crippen LogP contribution in [0, 0.1) is 11.3 Å². The first-order valence-electron chi connectivity index (χ1n) is 5.71. The summed E-state index contributed by atoms with van der Waals surface area (Å²) in [5.41, 5.74) is 0.815. The minimum atomic E-state index is -0.185. The number of nitrogens with one attached hydrogen (secondary N) is 1. The number of aryl methyl sites for hydroxylation is 1. The van der Waals surface area contributed by atoms with E-state index in [1.54, 1.807) is 30.5 Å². The van der Waals surface area contributed by atoms with Gasteiger partial charge in [0.2, 0.25) is 5.91 Å². The van der Waals surface area contributed by atoms with Gasteiger partial charge in [-0.3, -0.25) is 4.79 Å². The van der Waals surface area contributed by atoms with Gasteiger partial charge in [0.15, 0.2) is 0 Å². The minimum absolute atomic E-state index is 0.185. The molecule has 1 aromatic heterocycles. The van der Waals surface area contributed by atoms with Crippen molar-refractivity contribution in [1.29, 1.82) is 5.26 Å². The van der Waals surface area contributed by atoms with Gasteiger partial charge < -0.3 is 9.73 Å². The van der Waals surface area contributed by atoms with Crippen LogP contribution in [-0.2, 0) is 11.2 Å². The van der Waals surface area contributed by atoms with Crippen molar-refractivity contribution in [2.24, 2.45) is 0 Å². The average Bonchev–Trinajstić information content (AvgIpc) is 2.90. The van der Waals surface area contributed by atoms with Gasteiger partial charge >= 0.3 is 0 Å². The molecule has 1 heterocycles. The van der Waals surface area contributed by atoms with Gasteiger partial charge in [0.25, 0.3) is 0 Å². The molecule has 2 aromatic rings. The van der Waals surface area contributed by atoms with Crippen LogP contribution in [0.3, 0.4) is 0 Å². The standard InChI is InChI=1S/C14H11ClN2O2/c15-11-4-3-10(9-16)13(8-11)17-14(18)6-5-12-2-1-7-19-12/h1-4,7-8H,5-6H2,(H,17,18). The number of amides is 1. The van der Waals surface area contributed by atoms with Crippen molar-refractivity contribution in [2.75, 3.05) is 5.32 Å². The van der Waals surface area contributed by atoms with E-state index in [0.29, 0.717) is 22.7 Å². The van der Waals surface area contributed by atoms with Gasteiger partial charge in [0.05, 0.1) is 17.5 Å². The van der Waals surface area contributed by atoms with Crippen LogP contribution in [0.25, 0.3) is 0 Å². The Morgan fingerprint density at radius 1 is 1.42 bits per heavy atom. The Bertz CT molecular complexity index is 615. The number of furan rings is 1. The minimum Gasteiger partial charge on any atom is -0.469 e. The maximum atomic E-state index is 11.8. The number of anilines is 1. The van der Waals surface area contributed by atoms with Crippen LogP contribution in [0.4, 0.5) is 5.69 Å². The fourth-order valence-electron chi connectivity index (χ4n) is 1.62. The lowest BCUT2D eigenvalue weighted by atomic mass is 10.2. The lowest BCUT2D eigenvalue weighted by Crippen LogP contribution is -2.13. The van der Waals surface area contributed by atoms with E-state index < -0.39 is 0 Å². The second-order valence-electron chi connectivity index (χ2n) is 3.93. The summed E-state index contributed by atoms with van der Waals surface area (Å²) in [5.74, 6) is 0.567. The monoisotopic (exact) mass is 274 g/mol. The first kappa shape index (κ1) is 13.2. The molecule has 0 aliphatic rings. The predicted molar refractivity (Wildman–Crippen MR) is 71.8 cm³/mol. The largest absolute Gasteiger partial charge is 0.469 e. The van der Waals surface area contributed by atoms with Crippen LogP contribution >= 0.6 is 11.6 Å². The number of halogens is 1. The Balaban J connectivity index is 1.99. The first-order valence-corrected chi connectivity index (χ1v) is 6.08. The highest BCUT2D eigenvalue weighted by atomic mass is 35.5. The molecule has 0 bridgehead atoms. The quantitative estimate of drug-likeness (QED) is 0.929. The second kappa shape index (κ2) is 6.07. The van der Waals surface area contributed by atoms with E-state index in [2.05, 4.69) is 5.32 Å². The third-order valence-electron chi connectivity index (χ3n) is 2.55. The van der Waals surface area contributed by atoms with E-state index >= 15 is 0 Å². The molecule has 0 aliphatic carbocycles. The number of carbonyl (C=O) groups excluding carboxylic acids is 1. The van der Waals surface area contributed by atoms with Crippen molar-refractivity contribution in [2.45, 2.75) is 12.8 Å². The number of carbonyl (C=O) groups is 1. The molecule has 0 unspecified atom stereocenters. The van der Waals surface area contributed by atoms with Gasteiger partial charge in [-0.2, -0.15) is 5.26 Å².